The second kappa shape index (κ2) is 4.16. The van der Waals surface area contributed by atoms with Gasteiger partial charge in [-0.3, -0.25) is 0 Å². The van der Waals surface area contributed by atoms with Crippen LogP contribution in [0.3, 0.4) is 0 Å². The number of nitrogens with two attached hydrogens (primary N) is 1. The molecule has 0 saturated heterocycles. The Morgan fingerprint density at radius 1 is 1.15 bits per heavy atom. The minimum absolute atomic E-state index is 0.234. The van der Waals surface area contributed by atoms with E-state index in [-0.39, 0.29) is 5.92 Å². The van der Waals surface area contributed by atoms with Gasteiger partial charge in [-0.2, -0.15) is 4.98 Å². The molecule has 5 nitrogen and oxygen atoms in total. The molecule has 2 N–H and O–H groups in total. The maximum atomic E-state index is 5.61. The number of fused-ring (bicyclic) bond motifs is 1. The minimum atomic E-state index is 0.234. The summed E-state index contributed by atoms with van der Waals surface area (Å²) in [5.74, 6) is 1.39. The predicted molar refractivity (Wildman–Crippen MR) is 73.9 cm³/mol. The Morgan fingerprint density at radius 3 is 2.85 bits per heavy atom. The van der Waals surface area contributed by atoms with Gasteiger partial charge in [-0.05, 0) is 29.7 Å². The van der Waals surface area contributed by atoms with E-state index < -0.39 is 0 Å². The number of anilines is 1. The van der Waals surface area contributed by atoms with Crippen molar-refractivity contribution < 1.29 is 4.52 Å². The average Bonchev–Trinajstić information content (AvgIpc) is 2.90. The first-order valence-electron chi connectivity index (χ1n) is 6.44. The van der Waals surface area contributed by atoms with E-state index in [0.717, 1.165) is 12.2 Å². The first kappa shape index (κ1) is 11.2. The lowest BCUT2D eigenvalue weighted by atomic mass is 9.77. The maximum absolute atomic E-state index is 5.61. The lowest BCUT2D eigenvalue weighted by molar-refractivity contribution is 0.415. The van der Waals surface area contributed by atoms with Crippen molar-refractivity contribution in [3.63, 3.8) is 0 Å². The molecule has 0 spiro atoms. The number of hydrogen-bond acceptors (Lipinski definition) is 5. The summed E-state index contributed by atoms with van der Waals surface area (Å²) in [6, 6.07) is 11.9. The molecule has 20 heavy (non-hydrogen) atoms. The number of aromatic nitrogens is 3. The molecule has 4 rings (SSSR count). The van der Waals surface area contributed by atoms with E-state index in [1.807, 2.05) is 6.07 Å². The molecule has 1 aromatic carbocycles. The third-order valence-electron chi connectivity index (χ3n) is 3.61. The largest absolute Gasteiger partial charge is 0.397 e. The van der Waals surface area contributed by atoms with E-state index in [1.165, 1.54) is 11.1 Å². The van der Waals surface area contributed by atoms with E-state index in [4.69, 9.17) is 10.3 Å². The van der Waals surface area contributed by atoms with Crippen LogP contribution >= 0.6 is 0 Å². The van der Waals surface area contributed by atoms with Gasteiger partial charge in [0.05, 0.1) is 17.8 Å². The fourth-order valence-electron chi connectivity index (χ4n) is 2.50. The maximum Gasteiger partial charge on any atom is 0.276 e. The van der Waals surface area contributed by atoms with Crippen LogP contribution in [-0.4, -0.2) is 15.1 Å². The highest BCUT2D eigenvalue weighted by Crippen LogP contribution is 2.38. The second-order valence-corrected chi connectivity index (χ2v) is 4.89. The molecule has 2 aromatic heterocycles. The monoisotopic (exact) mass is 264 g/mol. The number of benzene rings is 1. The van der Waals surface area contributed by atoms with E-state index >= 15 is 0 Å². The Hall–Kier alpha value is -2.69. The Balaban J connectivity index is 1.65. The predicted octanol–water partition coefficient (Wildman–Crippen LogP) is 2.40. The van der Waals surface area contributed by atoms with Gasteiger partial charge >= 0.3 is 0 Å². The van der Waals surface area contributed by atoms with Crippen molar-refractivity contribution in [3.05, 3.63) is 59.5 Å². The fourth-order valence-corrected chi connectivity index (χ4v) is 2.50. The molecule has 1 aliphatic carbocycles. The first-order valence-corrected chi connectivity index (χ1v) is 6.44. The molecule has 0 aliphatic heterocycles. The van der Waals surface area contributed by atoms with Crippen LogP contribution in [0.15, 0.2) is 47.1 Å². The van der Waals surface area contributed by atoms with Gasteiger partial charge in [-0.1, -0.05) is 29.4 Å². The molecule has 0 amide bonds. The van der Waals surface area contributed by atoms with E-state index in [9.17, 15) is 0 Å². The number of hydrogen-bond donors (Lipinski definition) is 1. The van der Waals surface area contributed by atoms with Crippen molar-refractivity contribution in [1.82, 2.24) is 15.1 Å². The molecule has 0 bridgehead atoms. The summed E-state index contributed by atoms with van der Waals surface area (Å²) >= 11 is 0. The molecule has 5 heteroatoms. The van der Waals surface area contributed by atoms with Crippen LogP contribution in [0.25, 0.3) is 11.6 Å². The summed E-state index contributed by atoms with van der Waals surface area (Å²) in [6.07, 6.45) is 2.54. The van der Waals surface area contributed by atoms with Crippen LogP contribution in [0.5, 0.6) is 0 Å². The quantitative estimate of drug-likeness (QED) is 0.769. The first-order chi connectivity index (χ1) is 9.81. The molecule has 2 heterocycles. The summed E-state index contributed by atoms with van der Waals surface area (Å²) in [4.78, 5) is 8.64. The van der Waals surface area contributed by atoms with Crippen molar-refractivity contribution in [3.8, 4) is 11.6 Å². The standard InChI is InChI=1S/C15H12N4O/c16-10-5-6-13(17-8-10)15-18-14(19-20-15)12-7-9-3-1-2-4-11(9)12/h1-6,8,12H,7,16H2. The molecule has 0 saturated carbocycles. The van der Waals surface area contributed by atoms with Crippen molar-refractivity contribution in [2.24, 2.45) is 0 Å². The Bertz CT molecular complexity index is 764. The number of pyridine rings is 1. The van der Waals surface area contributed by atoms with Crippen LogP contribution in [0, 0.1) is 0 Å². The third-order valence-corrected chi connectivity index (χ3v) is 3.61. The van der Waals surface area contributed by atoms with Crippen LogP contribution in [-0.2, 0) is 6.42 Å². The molecule has 0 radical (unpaired) electrons. The second-order valence-electron chi connectivity index (χ2n) is 4.89. The van der Waals surface area contributed by atoms with Gasteiger partial charge in [0, 0.05) is 0 Å². The summed E-state index contributed by atoms with van der Waals surface area (Å²) < 4.78 is 5.30. The summed E-state index contributed by atoms with van der Waals surface area (Å²) in [5.41, 5.74) is 9.51. The Kier molecular flexibility index (Phi) is 2.32. The van der Waals surface area contributed by atoms with Crippen molar-refractivity contribution >= 4 is 5.69 Å². The number of rotatable bonds is 2. The Labute approximate surface area is 115 Å². The van der Waals surface area contributed by atoms with Crippen LogP contribution in [0.2, 0.25) is 0 Å². The molecular formula is C15H12N4O. The van der Waals surface area contributed by atoms with E-state index in [0.29, 0.717) is 17.3 Å². The molecule has 98 valence electrons. The highest BCUT2D eigenvalue weighted by Gasteiger charge is 2.31. The highest BCUT2D eigenvalue weighted by atomic mass is 16.5. The van der Waals surface area contributed by atoms with Gasteiger partial charge in [0.1, 0.15) is 5.69 Å². The zero-order valence-electron chi connectivity index (χ0n) is 10.7. The molecule has 3 aromatic rings. The summed E-state index contributed by atoms with van der Waals surface area (Å²) in [5, 5.41) is 4.08. The van der Waals surface area contributed by atoms with Crippen molar-refractivity contribution in [2.45, 2.75) is 12.3 Å². The molecule has 1 atom stereocenters. The van der Waals surface area contributed by atoms with Crippen LogP contribution in [0.4, 0.5) is 5.69 Å². The zero-order chi connectivity index (χ0) is 13.5. The van der Waals surface area contributed by atoms with E-state index in [2.05, 4.69) is 33.3 Å². The van der Waals surface area contributed by atoms with Gasteiger partial charge in [0.15, 0.2) is 5.82 Å². The summed E-state index contributed by atoms with van der Waals surface area (Å²) in [6.45, 7) is 0. The lowest BCUT2D eigenvalue weighted by Crippen LogP contribution is -2.19. The normalized spacial score (nSPS) is 16.5. The third kappa shape index (κ3) is 1.67. The number of nitrogens with zero attached hydrogens (tertiary/aromatic N) is 3. The number of nitrogen functional groups attached to an aromatic ring is 1. The van der Waals surface area contributed by atoms with Gasteiger partial charge in [-0.25, -0.2) is 4.98 Å². The molecular weight excluding hydrogens is 252 g/mol. The average molecular weight is 264 g/mol. The minimum Gasteiger partial charge on any atom is -0.397 e. The van der Waals surface area contributed by atoms with Crippen molar-refractivity contribution in [1.29, 1.82) is 0 Å². The van der Waals surface area contributed by atoms with E-state index in [1.54, 1.807) is 18.3 Å². The highest BCUT2D eigenvalue weighted by molar-refractivity contribution is 5.51. The SMILES string of the molecule is Nc1ccc(-c2nc(C3Cc4ccccc43)no2)nc1. The fraction of sp³-hybridized carbons (Fsp3) is 0.133. The molecule has 1 unspecified atom stereocenters. The smallest absolute Gasteiger partial charge is 0.276 e. The van der Waals surface area contributed by atoms with Gasteiger partial charge in [0.2, 0.25) is 0 Å². The topological polar surface area (TPSA) is 77.8 Å². The lowest BCUT2D eigenvalue weighted by Gasteiger charge is -2.27. The molecule has 1 aliphatic rings. The molecule has 0 fully saturated rings. The van der Waals surface area contributed by atoms with Gasteiger partial charge < -0.3 is 10.3 Å². The van der Waals surface area contributed by atoms with Crippen LogP contribution < -0.4 is 5.73 Å². The summed E-state index contributed by atoms with van der Waals surface area (Å²) in [7, 11) is 0. The van der Waals surface area contributed by atoms with Crippen molar-refractivity contribution in [2.75, 3.05) is 5.73 Å². The van der Waals surface area contributed by atoms with Gasteiger partial charge in [0.25, 0.3) is 5.89 Å². The zero-order valence-corrected chi connectivity index (χ0v) is 10.7. The Morgan fingerprint density at radius 2 is 2.05 bits per heavy atom. The van der Waals surface area contributed by atoms with Gasteiger partial charge in [-0.15, -0.1) is 0 Å². The van der Waals surface area contributed by atoms with Crippen LogP contribution in [0.1, 0.15) is 22.9 Å².